The van der Waals surface area contributed by atoms with Gasteiger partial charge in [0.05, 0.1) is 12.2 Å². The molecule has 0 spiro atoms. The lowest BCUT2D eigenvalue weighted by Gasteiger charge is -2.30. The summed E-state index contributed by atoms with van der Waals surface area (Å²) in [5.41, 5.74) is 0.510. The zero-order chi connectivity index (χ0) is 15.1. The predicted molar refractivity (Wildman–Crippen MR) is 83.7 cm³/mol. The first-order valence-electron chi connectivity index (χ1n) is 7.83. The summed E-state index contributed by atoms with van der Waals surface area (Å²) in [6, 6.07) is 3.70. The van der Waals surface area contributed by atoms with Crippen molar-refractivity contribution >= 4 is 11.8 Å². The molecule has 0 aromatic carbocycles. The lowest BCUT2D eigenvalue weighted by atomic mass is 9.99. The number of piperidine rings is 1. The van der Waals surface area contributed by atoms with Crippen LogP contribution in [0.4, 0.5) is 5.82 Å². The van der Waals surface area contributed by atoms with Crippen molar-refractivity contribution in [1.82, 2.24) is 10.3 Å². The lowest BCUT2D eigenvalue weighted by Crippen LogP contribution is -2.38. The SMILES string of the molecule is CCOC(=O)c1ccc(N(CC)CC2CCCNC2)nc1. The van der Waals surface area contributed by atoms with Crippen molar-refractivity contribution in [1.29, 1.82) is 0 Å². The number of ether oxygens (including phenoxy) is 1. The molecule has 21 heavy (non-hydrogen) atoms. The van der Waals surface area contributed by atoms with Crippen LogP contribution in [0, 0.1) is 5.92 Å². The van der Waals surface area contributed by atoms with Crippen LogP contribution in [-0.4, -0.2) is 43.7 Å². The van der Waals surface area contributed by atoms with Gasteiger partial charge in [-0.15, -0.1) is 0 Å². The van der Waals surface area contributed by atoms with E-state index in [1.54, 1.807) is 19.2 Å². The van der Waals surface area contributed by atoms with Crippen LogP contribution in [0.5, 0.6) is 0 Å². The van der Waals surface area contributed by atoms with Crippen molar-refractivity contribution < 1.29 is 9.53 Å². The largest absolute Gasteiger partial charge is 0.462 e. The molecule has 1 fully saturated rings. The van der Waals surface area contributed by atoms with Gasteiger partial charge in [0.2, 0.25) is 0 Å². The van der Waals surface area contributed by atoms with Crippen LogP contribution < -0.4 is 10.2 Å². The number of carbonyl (C=O) groups excluding carboxylic acids is 1. The van der Waals surface area contributed by atoms with Gasteiger partial charge < -0.3 is 15.0 Å². The minimum absolute atomic E-state index is 0.309. The predicted octanol–water partition coefficient (Wildman–Crippen LogP) is 2.08. The maximum atomic E-state index is 11.6. The average Bonchev–Trinajstić information content (AvgIpc) is 2.54. The molecule has 0 saturated carbocycles. The summed E-state index contributed by atoms with van der Waals surface area (Å²) in [4.78, 5) is 18.3. The summed E-state index contributed by atoms with van der Waals surface area (Å²) in [6.07, 6.45) is 4.12. The van der Waals surface area contributed by atoms with Crippen LogP contribution in [-0.2, 0) is 4.74 Å². The van der Waals surface area contributed by atoms with Crippen molar-refractivity contribution in [2.24, 2.45) is 5.92 Å². The number of rotatable bonds is 6. The maximum Gasteiger partial charge on any atom is 0.339 e. The zero-order valence-electron chi connectivity index (χ0n) is 13.0. The Hall–Kier alpha value is -1.62. The van der Waals surface area contributed by atoms with Crippen molar-refractivity contribution in [2.45, 2.75) is 26.7 Å². The van der Waals surface area contributed by atoms with Gasteiger partial charge in [0, 0.05) is 19.3 Å². The molecule has 0 radical (unpaired) electrons. The van der Waals surface area contributed by atoms with Gasteiger partial charge in [-0.2, -0.15) is 0 Å². The van der Waals surface area contributed by atoms with E-state index in [-0.39, 0.29) is 5.97 Å². The smallest absolute Gasteiger partial charge is 0.339 e. The Bertz CT molecular complexity index is 441. The first-order valence-corrected chi connectivity index (χ1v) is 7.83. The van der Waals surface area contributed by atoms with Crippen LogP contribution in [0.3, 0.4) is 0 Å². The molecular formula is C16H25N3O2. The summed E-state index contributed by atoms with van der Waals surface area (Å²) in [5, 5.41) is 3.45. The van der Waals surface area contributed by atoms with Gasteiger partial charge in [-0.05, 0) is 57.8 Å². The van der Waals surface area contributed by atoms with E-state index in [9.17, 15) is 4.79 Å². The molecule has 0 amide bonds. The fourth-order valence-electron chi connectivity index (χ4n) is 2.68. The summed E-state index contributed by atoms with van der Waals surface area (Å²) in [5.74, 6) is 1.29. The number of nitrogens with zero attached hydrogens (tertiary/aromatic N) is 2. The van der Waals surface area contributed by atoms with E-state index in [2.05, 4.69) is 22.1 Å². The number of esters is 1. The Balaban J connectivity index is 1.99. The highest BCUT2D eigenvalue weighted by Gasteiger charge is 2.17. The number of carbonyl (C=O) groups is 1. The normalized spacial score (nSPS) is 18.3. The number of anilines is 1. The van der Waals surface area contributed by atoms with Gasteiger partial charge in [0.25, 0.3) is 0 Å². The third-order valence-corrected chi connectivity index (χ3v) is 3.84. The van der Waals surface area contributed by atoms with Crippen LogP contribution in [0.15, 0.2) is 18.3 Å². The Morgan fingerprint density at radius 1 is 1.48 bits per heavy atom. The third-order valence-electron chi connectivity index (χ3n) is 3.84. The highest BCUT2D eigenvalue weighted by atomic mass is 16.5. The van der Waals surface area contributed by atoms with Crippen LogP contribution in [0.25, 0.3) is 0 Å². The highest BCUT2D eigenvalue weighted by Crippen LogP contribution is 2.17. The first kappa shape index (κ1) is 15.8. The second kappa shape index (κ2) is 7.98. The Morgan fingerprint density at radius 2 is 2.33 bits per heavy atom. The fourth-order valence-corrected chi connectivity index (χ4v) is 2.68. The molecule has 1 aromatic heterocycles. The minimum atomic E-state index is -0.309. The molecule has 1 aromatic rings. The Labute approximate surface area is 126 Å². The van der Waals surface area contributed by atoms with E-state index in [1.165, 1.54) is 12.8 Å². The molecule has 2 rings (SSSR count). The van der Waals surface area contributed by atoms with E-state index < -0.39 is 0 Å². The molecule has 2 heterocycles. The minimum Gasteiger partial charge on any atom is -0.462 e. The standard InChI is InChI=1S/C16H25N3O2/c1-3-19(12-13-6-5-9-17-10-13)15-8-7-14(11-18-15)16(20)21-4-2/h7-8,11,13,17H,3-6,9-10,12H2,1-2H3. The summed E-state index contributed by atoms with van der Waals surface area (Å²) in [7, 11) is 0. The second-order valence-electron chi connectivity index (χ2n) is 5.38. The summed E-state index contributed by atoms with van der Waals surface area (Å²) < 4.78 is 4.98. The second-order valence-corrected chi connectivity index (χ2v) is 5.38. The molecular weight excluding hydrogens is 266 g/mol. The van der Waals surface area contributed by atoms with E-state index in [4.69, 9.17) is 4.74 Å². The summed E-state index contributed by atoms with van der Waals surface area (Å²) in [6.45, 7) is 8.47. The van der Waals surface area contributed by atoms with E-state index in [0.29, 0.717) is 18.1 Å². The highest BCUT2D eigenvalue weighted by molar-refractivity contribution is 5.89. The van der Waals surface area contributed by atoms with Crippen molar-refractivity contribution in [3.05, 3.63) is 23.9 Å². The lowest BCUT2D eigenvalue weighted by molar-refractivity contribution is 0.0526. The van der Waals surface area contributed by atoms with Crippen LogP contribution in [0.1, 0.15) is 37.0 Å². The average molecular weight is 291 g/mol. The molecule has 1 aliphatic rings. The third kappa shape index (κ3) is 4.43. The molecule has 116 valence electrons. The van der Waals surface area contributed by atoms with E-state index in [1.807, 2.05) is 6.07 Å². The van der Waals surface area contributed by atoms with E-state index in [0.717, 1.165) is 32.0 Å². The Kier molecular flexibility index (Phi) is 5.99. The maximum absolute atomic E-state index is 11.6. The summed E-state index contributed by atoms with van der Waals surface area (Å²) >= 11 is 0. The zero-order valence-corrected chi connectivity index (χ0v) is 13.0. The van der Waals surface area contributed by atoms with E-state index >= 15 is 0 Å². The fraction of sp³-hybridized carbons (Fsp3) is 0.625. The number of hydrogen-bond acceptors (Lipinski definition) is 5. The van der Waals surface area contributed by atoms with Crippen molar-refractivity contribution in [3.8, 4) is 0 Å². The number of aromatic nitrogens is 1. The van der Waals surface area contributed by atoms with Gasteiger partial charge in [0.15, 0.2) is 0 Å². The van der Waals surface area contributed by atoms with Gasteiger partial charge in [-0.3, -0.25) is 0 Å². The van der Waals surface area contributed by atoms with Crippen LogP contribution in [0.2, 0.25) is 0 Å². The van der Waals surface area contributed by atoms with Gasteiger partial charge in [0.1, 0.15) is 5.82 Å². The molecule has 0 bridgehead atoms. The van der Waals surface area contributed by atoms with Crippen molar-refractivity contribution in [3.63, 3.8) is 0 Å². The number of nitrogens with one attached hydrogen (secondary N) is 1. The number of pyridine rings is 1. The molecule has 1 atom stereocenters. The van der Waals surface area contributed by atoms with Crippen LogP contribution >= 0.6 is 0 Å². The molecule has 5 nitrogen and oxygen atoms in total. The quantitative estimate of drug-likeness (QED) is 0.813. The topological polar surface area (TPSA) is 54.5 Å². The monoisotopic (exact) mass is 291 g/mol. The molecule has 1 aliphatic heterocycles. The molecule has 1 N–H and O–H groups in total. The van der Waals surface area contributed by atoms with Gasteiger partial charge >= 0.3 is 5.97 Å². The van der Waals surface area contributed by atoms with Gasteiger partial charge in [-0.1, -0.05) is 0 Å². The molecule has 0 aliphatic carbocycles. The van der Waals surface area contributed by atoms with Gasteiger partial charge in [-0.25, -0.2) is 9.78 Å². The molecule has 5 heteroatoms. The molecule has 1 saturated heterocycles. The van der Waals surface area contributed by atoms with Crippen molar-refractivity contribution in [2.75, 3.05) is 37.7 Å². The Morgan fingerprint density at radius 3 is 2.90 bits per heavy atom. The number of hydrogen-bond donors (Lipinski definition) is 1. The molecule has 1 unspecified atom stereocenters. The first-order chi connectivity index (χ1) is 10.2.